The molecule has 1 atom stereocenters. The van der Waals surface area contributed by atoms with Crippen molar-refractivity contribution in [3.8, 4) is 11.4 Å². The van der Waals surface area contributed by atoms with Crippen LogP contribution in [0.4, 0.5) is 5.69 Å². The topological polar surface area (TPSA) is 106 Å². The molecule has 3 aromatic rings. The molecule has 32 heavy (non-hydrogen) atoms. The van der Waals surface area contributed by atoms with E-state index in [0.29, 0.717) is 27.7 Å². The fraction of sp³-hybridized carbons (Fsp3) is 0.227. The molecule has 0 saturated carbocycles. The molecule has 10 heteroatoms. The van der Waals surface area contributed by atoms with Crippen LogP contribution >= 0.6 is 11.6 Å². The minimum atomic E-state index is -1.56. The van der Waals surface area contributed by atoms with Crippen LogP contribution in [0.25, 0.3) is 11.4 Å². The molecule has 0 spiro atoms. The highest BCUT2D eigenvalue weighted by atomic mass is 35.5. The molecular weight excluding hydrogens is 436 g/mol. The predicted molar refractivity (Wildman–Crippen MR) is 113 cm³/mol. The fourth-order valence-electron chi connectivity index (χ4n) is 4.19. The van der Waals surface area contributed by atoms with Gasteiger partial charge in [-0.2, -0.15) is 4.98 Å². The molecule has 0 radical (unpaired) electrons. The zero-order valence-electron chi connectivity index (χ0n) is 16.9. The summed E-state index contributed by atoms with van der Waals surface area (Å²) in [4.78, 5) is 45.8. The number of carbonyl (C=O) groups is 3. The molecule has 2 amide bonds. The number of para-hydroxylation sites is 1. The van der Waals surface area contributed by atoms with Crippen molar-refractivity contribution < 1.29 is 23.6 Å². The maximum atomic E-state index is 13.3. The number of esters is 1. The Bertz CT molecular complexity index is 1260. The molecule has 0 N–H and O–H groups in total. The molecular formula is C22H17ClN4O5. The number of anilines is 1. The molecule has 0 aliphatic carbocycles. The van der Waals surface area contributed by atoms with Crippen molar-refractivity contribution in [3.63, 3.8) is 0 Å². The second-order valence-electron chi connectivity index (χ2n) is 7.53. The number of aromatic nitrogens is 2. The summed E-state index contributed by atoms with van der Waals surface area (Å²) in [5.41, 5.74) is -0.148. The fourth-order valence-corrected chi connectivity index (χ4v) is 4.38. The van der Waals surface area contributed by atoms with Gasteiger partial charge in [-0.15, -0.1) is 0 Å². The first-order valence-electron chi connectivity index (χ1n) is 9.88. The van der Waals surface area contributed by atoms with E-state index < -0.39 is 11.6 Å². The second kappa shape index (κ2) is 7.45. The molecule has 2 aromatic carbocycles. The van der Waals surface area contributed by atoms with Crippen molar-refractivity contribution in [3.05, 3.63) is 65.0 Å². The van der Waals surface area contributed by atoms with Crippen molar-refractivity contribution in [1.82, 2.24) is 15.0 Å². The SMILES string of the molecule is CN1C(=O)c2ccccc2N2C(=O)CCC12C(=O)OCc1nc(-c2cccc(Cl)c2)no1. The maximum Gasteiger partial charge on any atom is 0.354 e. The number of amides is 2. The number of ether oxygens (including phenoxy) is 1. The second-order valence-corrected chi connectivity index (χ2v) is 7.96. The van der Waals surface area contributed by atoms with Crippen molar-refractivity contribution >= 4 is 35.1 Å². The van der Waals surface area contributed by atoms with E-state index in [1.165, 1.54) is 16.8 Å². The van der Waals surface area contributed by atoms with Crippen LogP contribution in [0.15, 0.2) is 53.1 Å². The lowest BCUT2D eigenvalue weighted by Crippen LogP contribution is -2.67. The first-order chi connectivity index (χ1) is 15.4. The first-order valence-corrected chi connectivity index (χ1v) is 10.3. The summed E-state index contributed by atoms with van der Waals surface area (Å²) < 4.78 is 10.7. The van der Waals surface area contributed by atoms with Gasteiger partial charge < -0.3 is 14.2 Å². The molecule has 162 valence electrons. The van der Waals surface area contributed by atoms with E-state index in [-0.39, 0.29) is 37.2 Å². The molecule has 2 aliphatic heterocycles. The van der Waals surface area contributed by atoms with Crippen LogP contribution in [-0.4, -0.2) is 45.5 Å². The third-order valence-electron chi connectivity index (χ3n) is 5.75. The third-order valence-corrected chi connectivity index (χ3v) is 5.98. The van der Waals surface area contributed by atoms with Crippen molar-refractivity contribution in [2.75, 3.05) is 11.9 Å². The Labute approximate surface area is 187 Å². The van der Waals surface area contributed by atoms with Crippen molar-refractivity contribution in [1.29, 1.82) is 0 Å². The van der Waals surface area contributed by atoms with Crippen LogP contribution in [0.3, 0.4) is 0 Å². The smallest absolute Gasteiger partial charge is 0.354 e. The van der Waals surface area contributed by atoms with Gasteiger partial charge in [0.15, 0.2) is 6.61 Å². The molecule has 2 aliphatic rings. The first kappa shape index (κ1) is 20.2. The van der Waals surface area contributed by atoms with Gasteiger partial charge in [0, 0.05) is 30.5 Å². The molecule has 9 nitrogen and oxygen atoms in total. The largest absolute Gasteiger partial charge is 0.452 e. The standard InChI is InChI=1S/C22H17ClN4O5/c1-26-20(29)15-7-2-3-8-16(15)27-18(28)9-10-22(26,27)21(30)31-12-17-24-19(25-32-17)13-5-4-6-14(23)11-13/h2-8,11H,9-10,12H2,1H3. The monoisotopic (exact) mass is 452 g/mol. The minimum absolute atomic E-state index is 0.0748. The normalized spacial score (nSPS) is 19.7. The van der Waals surface area contributed by atoms with Gasteiger partial charge in [-0.25, -0.2) is 4.79 Å². The molecule has 5 rings (SSSR count). The molecule has 1 aromatic heterocycles. The minimum Gasteiger partial charge on any atom is -0.452 e. The average Bonchev–Trinajstić information content (AvgIpc) is 3.41. The van der Waals surface area contributed by atoms with Crippen molar-refractivity contribution in [2.45, 2.75) is 25.1 Å². The lowest BCUT2D eigenvalue weighted by atomic mass is 9.97. The summed E-state index contributed by atoms with van der Waals surface area (Å²) in [5.74, 6) is -0.977. The van der Waals surface area contributed by atoms with Crippen LogP contribution in [-0.2, 0) is 20.9 Å². The number of hydrogen-bond acceptors (Lipinski definition) is 7. The number of rotatable bonds is 4. The highest BCUT2D eigenvalue weighted by molar-refractivity contribution is 6.30. The van der Waals surface area contributed by atoms with E-state index in [9.17, 15) is 14.4 Å². The van der Waals surface area contributed by atoms with Gasteiger partial charge in [-0.1, -0.05) is 41.0 Å². The third kappa shape index (κ3) is 2.96. The van der Waals surface area contributed by atoms with E-state index >= 15 is 0 Å². The summed E-state index contributed by atoms with van der Waals surface area (Å²) in [7, 11) is 1.50. The van der Waals surface area contributed by atoms with Gasteiger partial charge in [-0.05, 0) is 24.3 Å². The van der Waals surface area contributed by atoms with E-state index in [4.69, 9.17) is 20.9 Å². The van der Waals surface area contributed by atoms with Gasteiger partial charge >= 0.3 is 5.97 Å². The van der Waals surface area contributed by atoms with Gasteiger partial charge in [0.2, 0.25) is 17.4 Å². The summed E-state index contributed by atoms with van der Waals surface area (Å²) in [5, 5.41) is 4.41. The molecule has 1 saturated heterocycles. The number of likely N-dealkylation sites (N-methyl/N-ethyl adjacent to an activating group) is 1. The highest BCUT2D eigenvalue weighted by Gasteiger charge is 2.60. The maximum absolute atomic E-state index is 13.3. The van der Waals surface area contributed by atoms with Crippen LogP contribution in [0, 0.1) is 0 Å². The lowest BCUT2D eigenvalue weighted by Gasteiger charge is -2.46. The summed E-state index contributed by atoms with van der Waals surface area (Å²) >= 11 is 5.99. The Morgan fingerprint density at radius 2 is 2.03 bits per heavy atom. The number of halogens is 1. The Kier molecular flexibility index (Phi) is 4.70. The van der Waals surface area contributed by atoms with Crippen LogP contribution < -0.4 is 4.90 Å². The van der Waals surface area contributed by atoms with E-state index in [2.05, 4.69) is 10.1 Å². The Balaban J connectivity index is 1.41. The number of carbonyl (C=O) groups excluding carboxylic acids is 3. The summed E-state index contributed by atoms with van der Waals surface area (Å²) in [6.45, 7) is -0.306. The van der Waals surface area contributed by atoms with E-state index in [1.807, 2.05) is 0 Å². The van der Waals surface area contributed by atoms with Gasteiger partial charge in [-0.3, -0.25) is 14.5 Å². The Morgan fingerprint density at radius 3 is 2.84 bits per heavy atom. The summed E-state index contributed by atoms with van der Waals surface area (Å²) in [6, 6.07) is 13.6. The Hall–Kier alpha value is -3.72. The Morgan fingerprint density at radius 1 is 1.22 bits per heavy atom. The molecule has 1 unspecified atom stereocenters. The molecule has 3 heterocycles. The summed E-state index contributed by atoms with van der Waals surface area (Å²) in [6.07, 6.45) is 0.235. The van der Waals surface area contributed by atoms with Crippen LogP contribution in [0.2, 0.25) is 5.02 Å². The lowest BCUT2D eigenvalue weighted by molar-refractivity contribution is -0.158. The van der Waals surface area contributed by atoms with Gasteiger partial charge in [0.05, 0.1) is 11.3 Å². The number of nitrogens with zero attached hydrogens (tertiary/aromatic N) is 4. The highest BCUT2D eigenvalue weighted by Crippen LogP contribution is 2.44. The van der Waals surface area contributed by atoms with Crippen LogP contribution in [0.5, 0.6) is 0 Å². The zero-order valence-corrected chi connectivity index (χ0v) is 17.7. The zero-order chi connectivity index (χ0) is 22.5. The van der Waals surface area contributed by atoms with Crippen LogP contribution in [0.1, 0.15) is 29.1 Å². The number of hydrogen-bond donors (Lipinski definition) is 0. The average molecular weight is 453 g/mol. The van der Waals surface area contributed by atoms with Gasteiger partial charge in [0.1, 0.15) is 0 Å². The van der Waals surface area contributed by atoms with Gasteiger partial charge in [0.25, 0.3) is 11.8 Å². The molecule has 1 fully saturated rings. The quantitative estimate of drug-likeness (QED) is 0.560. The predicted octanol–water partition coefficient (Wildman–Crippen LogP) is 3.04. The number of fused-ring (bicyclic) bond motifs is 3. The van der Waals surface area contributed by atoms with Crippen molar-refractivity contribution in [2.24, 2.45) is 0 Å². The number of benzene rings is 2. The van der Waals surface area contributed by atoms with E-state index in [0.717, 1.165) is 0 Å². The molecule has 0 bridgehead atoms. The van der Waals surface area contributed by atoms with E-state index in [1.54, 1.807) is 48.5 Å².